The van der Waals surface area contributed by atoms with E-state index in [1.165, 1.54) is 0 Å². The second kappa shape index (κ2) is 7.14. The predicted octanol–water partition coefficient (Wildman–Crippen LogP) is 1.80. The summed E-state index contributed by atoms with van der Waals surface area (Å²) in [6.45, 7) is 5.65. The Hall–Kier alpha value is -1.55. The number of rotatable bonds is 6. The van der Waals surface area contributed by atoms with Gasteiger partial charge in [0.2, 0.25) is 0 Å². The fraction of sp³-hybridized carbons (Fsp3) is 0.533. The first-order chi connectivity index (χ1) is 9.31. The van der Waals surface area contributed by atoms with Crippen LogP contribution in [0.4, 0.5) is 0 Å². The van der Waals surface area contributed by atoms with Gasteiger partial charge in [0.1, 0.15) is 5.75 Å². The highest BCUT2D eigenvalue weighted by Gasteiger charge is 2.18. The van der Waals surface area contributed by atoms with Crippen LogP contribution in [-0.4, -0.2) is 37.0 Å². The maximum atomic E-state index is 11.9. The normalized spacial score (nSPS) is 14.7. The number of amides is 1. The molecule has 19 heavy (non-hydrogen) atoms. The molecule has 0 atom stereocenters. The Balaban J connectivity index is 1.89. The van der Waals surface area contributed by atoms with E-state index in [9.17, 15) is 4.79 Å². The SMILES string of the molecule is CCNCc1ccccc1OCC(=O)N1CCCC1. The van der Waals surface area contributed by atoms with Crippen molar-refractivity contribution < 1.29 is 9.53 Å². The van der Waals surface area contributed by atoms with Gasteiger partial charge in [-0.2, -0.15) is 0 Å². The first-order valence-corrected chi connectivity index (χ1v) is 7.00. The van der Waals surface area contributed by atoms with Gasteiger partial charge in [0.05, 0.1) is 0 Å². The molecule has 1 saturated heterocycles. The minimum atomic E-state index is 0.0933. The fourth-order valence-electron chi connectivity index (χ4n) is 2.25. The summed E-state index contributed by atoms with van der Waals surface area (Å²) in [4.78, 5) is 13.8. The van der Waals surface area contributed by atoms with Crippen molar-refractivity contribution in [3.8, 4) is 5.75 Å². The number of nitrogens with zero attached hydrogens (tertiary/aromatic N) is 1. The van der Waals surface area contributed by atoms with Gasteiger partial charge in [-0.1, -0.05) is 25.1 Å². The average Bonchev–Trinajstić information content (AvgIpc) is 2.97. The van der Waals surface area contributed by atoms with Crippen LogP contribution in [-0.2, 0) is 11.3 Å². The summed E-state index contributed by atoms with van der Waals surface area (Å²) in [7, 11) is 0. The highest BCUT2D eigenvalue weighted by Crippen LogP contribution is 2.18. The van der Waals surface area contributed by atoms with Crippen molar-refractivity contribution in [2.75, 3.05) is 26.2 Å². The lowest BCUT2D eigenvalue weighted by Crippen LogP contribution is -2.32. The Kier molecular flexibility index (Phi) is 5.21. The molecule has 0 aliphatic carbocycles. The van der Waals surface area contributed by atoms with Crippen LogP contribution in [0.15, 0.2) is 24.3 Å². The van der Waals surface area contributed by atoms with E-state index in [4.69, 9.17) is 4.74 Å². The summed E-state index contributed by atoms with van der Waals surface area (Å²) in [5, 5.41) is 3.27. The van der Waals surface area contributed by atoms with Crippen molar-refractivity contribution in [1.82, 2.24) is 10.2 Å². The van der Waals surface area contributed by atoms with Gasteiger partial charge in [0.25, 0.3) is 5.91 Å². The molecular formula is C15H22N2O2. The fourth-order valence-corrected chi connectivity index (χ4v) is 2.25. The van der Waals surface area contributed by atoms with Gasteiger partial charge in [-0.15, -0.1) is 0 Å². The highest BCUT2D eigenvalue weighted by atomic mass is 16.5. The Morgan fingerprint density at radius 2 is 2.05 bits per heavy atom. The lowest BCUT2D eigenvalue weighted by molar-refractivity contribution is -0.132. The number of benzene rings is 1. The lowest BCUT2D eigenvalue weighted by atomic mass is 10.2. The van der Waals surface area contributed by atoms with E-state index >= 15 is 0 Å². The molecule has 1 amide bonds. The van der Waals surface area contributed by atoms with Gasteiger partial charge in [0.15, 0.2) is 6.61 Å². The van der Waals surface area contributed by atoms with Gasteiger partial charge < -0.3 is 15.0 Å². The lowest BCUT2D eigenvalue weighted by Gasteiger charge is -2.16. The van der Waals surface area contributed by atoms with Crippen LogP contribution in [0.5, 0.6) is 5.75 Å². The Bertz CT molecular complexity index is 414. The molecule has 1 heterocycles. The molecule has 104 valence electrons. The van der Waals surface area contributed by atoms with E-state index in [0.717, 1.165) is 50.3 Å². The summed E-state index contributed by atoms with van der Waals surface area (Å²) < 4.78 is 5.68. The molecule has 1 aliphatic heterocycles. The van der Waals surface area contributed by atoms with E-state index in [1.54, 1.807) is 0 Å². The van der Waals surface area contributed by atoms with Crippen molar-refractivity contribution in [3.63, 3.8) is 0 Å². The van der Waals surface area contributed by atoms with Crippen molar-refractivity contribution in [2.24, 2.45) is 0 Å². The molecule has 2 rings (SSSR count). The quantitative estimate of drug-likeness (QED) is 0.850. The molecule has 4 heteroatoms. The minimum Gasteiger partial charge on any atom is -0.483 e. The molecule has 4 nitrogen and oxygen atoms in total. The largest absolute Gasteiger partial charge is 0.483 e. The smallest absolute Gasteiger partial charge is 0.260 e. The molecular weight excluding hydrogens is 240 g/mol. The van der Waals surface area contributed by atoms with Crippen molar-refractivity contribution >= 4 is 5.91 Å². The van der Waals surface area contributed by atoms with Gasteiger partial charge in [-0.25, -0.2) is 0 Å². The summed E-state index contributed by atoms with van der Waals surface area (Å²) in [6.07, 6.45) is 2.23. The molecule has 1 aromatic carbocycles. The van der Waals surface area contributed by atoms with Gasteiger partial charge in [-0.3, -0.25) is 4.79 Å². The predicted molar refractivity (Wildman–Crippen MR) is 75.1 cm³/mol. The Morgan fingerprint density at radius 3 is 2.79 bits per heavy atom. The van der Waals surface area contributed by atoms with E-state index in [2.05, 4.69) is 12.2 Å². The molecule has 0 unspecified atom stereocenters. The van der Waals surface area contributed by atoms with Crippen LogP contribution in [0, 0.1) is 0 Å². The third-order valence-corrected chi connectivity index (χ3v) is 3.35. The third-order valence-electron chi connectivity index (χ3n) is 3.35. The van der Waals surface area contributed by atoms with Gasteiger partial charge in [-0.05, 0) is 25.5 Å². The first kappa shape index (κ1) is 13.9. The molecule has 0 bridgehead atoms. The average molecular weight is 262 g/mol. The van der Waals surface area contributed by atoms with E-state index in [0.29, 0.717) is 0 Å². The zero-order valence-corrected chi connectivity index (χ0v) is 11.5. The summed E-state index contributed by atoms with van der Waals surface area (Å²) in [5.41, 5.74) is 1.10. The minimum absolute atomic E-state index is 0.0933. The van der Waals surface area contributed by atoms with E-state index in [1.807, 2.05) is 29.2 Å². The number of para-hydroxylation sites is 1. The molecule has 1 N–H and O–H groups in total. The van der Waals surface area contributed by atoms with Crippen molar-refractivity contribution in [1.29, 1.82) is 0 Å². The molecule has 0 spiro atoms. The van der Waals surface area contributed by atoms with Crippen LogP contribution in [0.1, 0.15) is 25.3 Å². The van der Waals surface area contributed by atoms with Crippen LogP contribution in [0.2, 0.25) is 0 Å². The van der Waals surface area contributed by atoms with Crippen LogP contribution in [0.3, 0.4) is 0 Å². The number of hydrogen-bond donors (Lipinski definition) is 1. The molecule has 0 aromatic heterocycles. The summed E-state index contributed by atoms with van der Waals surface area (Å²) in [5.74, 6) is 0.895. The van der Waals surface area contributed by atoms with Crippen molar-refractivity contribution in [2.45, 2.75) is 26.3 Å². The van der Waals surface area contributed by atoms with Crippen LogP contribution in [0.25, 0.3) is 0 Å². The molecule has 1 aromatic rings. The van der Waals surface area contributed by atoms with Crippen LogP contribution < -0.4 is 10.1 Å². The number of carbonyl (C=O) groups is 1. The maximum Gasteiger partial charge on any atom is 0.260 e. The Labute approximate surface area is 114 Å². The standard InChI is InChI=1S/C15H22N2O2/c1-2-16-11-13-7-3-4-8-14(13)19-12-15(18)17-9-5-6-10-17/h3-4,7-8,16H,2,5-6,9-12H2,1H3. The van der Waals surface area contributed by atoms with Gasteiger partial charge >= 0.3 is 0 Å². The Morgan fingerprint density at radius 1 is 1.32 bits per heavy atom. The van der Waals surface area contributed by atoms with E-state index in [-0.39, 0.29) is 12.5 Å². The number of nitrogens with one attached hydrogen (secondary N) is 1. The van der Waals surface area contributed by atoms with Crippen molar-refractivity contribution in [3.05, 3.63) is 29.8 Å². The zero-order valence-electron chi connectivity index (χ0n) is 11.5. The number of hydrogen-bond acceptors (Lipinski definition) is 3. The zero-order chi connectivity index (χ0) is 13.5. The second-order valence-corrected chi connectivity index (χ2v) is 4.76. The second-order valence-electron chi connectivity index (χ2n) is 4.76. The van der Waals surface area contributed by atoms with Crippen LogP contribution >= 0.6 is 0 Å². The molecule has 1 aliphatic rings. The number of ether oxygens (including phenoxy) is 1. The van der Waals surface area contributed by atoms with E-state index < -0.39 is 0 Å². The highest BCUT2D eigenvalue weighted by molar-refractivity contribution is 5.78. The third kappa shape index (κ3) is 3.96. The summed E-state index contributed by atoms with van der Waals surface area (Å²) in [6, 6.07) is 7.87. The monoisotopic (exact) mass is 262 g/mol. The topological polar surface area (TPSA) is 41.6 Å². The first-order valence-electron chi connectivity index (χ1n) is 7.00. The number of carbonyl (C=O) groups excluding carboxylic acids is 1. The molecule has 1 fully saturated rings. The number of likely N-dealkylation sites (tertiary alicyclic amines) is 1. The summed E-state index contributed by atoms with van der Waals surface area (Å²) >= 11 is 0. The maximum absolute atomic E-state index is 11.9. The van der Waals surface area contributed by atoms with Gasteiger partial charge in [0, 0.05) is 25.2 Å². The molecule has 0 radical (unpaired) electrons. The molecule has 0 saturated carbocycles.